The second kappa shape index (κ2) is 10.3. The molecule has 0 bridgehead atoms. The number of nitrogens with zero attached hydrogens (tertiary/aromatic N) is 6. The number of imidazole rings is 1. The van der Waals surface area contributed by atoms with E-state index in [2.05, 4.69) is 36.3 Å². The van der Waals surface area contributed by atoms with Gasteiger partial charge in [-0.2, -0.15) is 5.10 Å². The highest BCUT2D eigenvalue weighted by Gasteiger charge is 2.30. The quantitative estimate of drug-likeness (QED) is 0.337. The summed E-state index contributed by atoms with van der Waals surface area (Å²) in [6, 6.07) is 8.02. The van der Waals surface area contributed by atoms with E-state index in [1.165, 1.54) is 6.26 Å². The fourth-order valence-electron chi connectivity index (χ4n) is 4.84. The smallest absolute Gasteiger partial charge is 0.223 e. The Morgan fingerprint density at radius 3 is 2.68 bits per heavy atom. The van der Waals surface area contributed by atoms with Crippen LogP contribution in [0.2, 0.25) is 0 Å². The van der Waals surface area contributed by atoms with Gasteiger partial charge >= 0.3 is 0 Å². The number of rotatable bonds is 8. The maximum Gasteiger partial charge on any atom is 0.223 e. The highest BCUT2D eigenvalue weighted by atomic mass is 79.9. The number of nitrogens with one attached hydrogen (secondary N) is 1. The van der Waals surface area contributed by atoms with Crippen molar-refractivity contribution in [3.63, 3.8) is 0 Å². The molecule has 10 nitrogen and oxygen atoms in total. The number of benzene rings is 1. The second-order valence-electron chi connectivity index (χ2n) is 9.64. The standard InChI is InChI=1S/C25H28BrN7O3S/c1-32-11-9-27-23(32)17-5-7-19(8-6-17)33-24-20(22(26)31-33)15-29-21(30-24)14-16-3-4-18(13-16)25(34)28-10-12-37(2,35)36/h5-9,11,15-16,18H,3-4,10,12-14H2,1-2H3,(H,28,34)/t16-,18-/m1/s1. The van der Waals surface area contributed by atoms with Crippen LogP contribution >= 0.6 is 15.9 Å². The van der Waals surface area contributed by atoms with E-state index in [4.69, 9.17) is 4.98 Å². The molecular formula is C25H28BrN7O3S. The molecule has 1 N–H and O–H groups in total. The lowest BCUT2D eigenvalue weighted by molar-refractivity contribution is -0.124. The normalized spacial score (nSPS) is 17.9. The molecule has 1 amide bonds. The van der Waals surface area contributed by atoms with Crippen LogP contribution in [0.5, 0.6) is 0 Å². The molecule has 37 heavy (non-hydrogen) atoms. The molecule has 1 fully saturated rings. The number of aryl methyl sites for hydroxylation is 1. The molecule has 12 heteroatoms. The maximum absolute atomic E-state index is 12.5. The van der Waals surface area contributed by atoms with E-state index < -0.39 is 9.84 Å². The number of fused-ring (bicyclic) bond motifs is 1. The van der Waals surface area contributed by atoms with Gasteiger partial charge in [-0.15, -0.1) is 0 Å². The Labute approximate surface area is 223 Å². The number of carbonyl (C=O) groups excluding carboxylic acids is 1. The first-order valence-electron chi connectivity index (χ1n) is 12.1. The minimum Gasteiger partial charge on any atom is -0.355 e. The molecule has 194 valence electrons. The van der Waals surface area contributed by atoms with Gasteiger partial charge in [0, 0.05) is 56.3 Å². The van der Waals surface area contributed by atoms with Gasteiger partial charge in [-0.1, -0.05) is 0 Å². The molecule has 0 saturated heterocycles. The zero-order valence-electron chi connectivity index (χ0n) is 20.6. The fourth-order valence-corrected chi connectivity index (χ4v) is 5.75. The highest BCUT2D eigenvalue weighted by Crippen LogP contribution is 2.33. The van der Waals surface area contributed by atoms with Crippen molar-refractivity contribution in [3.05, 3.63) is 53.3 Å². The Morgan fingerprint density at radius 2 is 1.97 bits per heavy atom. The molecule has 4 aromatic rings. The van der Waals surface area contributed by atoms with E-state index in [-0.39, 0.29) is 24.1 Å². The third-order valence-corrected chi connectivity index (χ3v) is 8.31. The number of halogens is 1. The number of carbonyl (C=O) groups is 1. The average molecular weight is 587 g/mol. The molecule has 0 aliphatic heterocycles. The number of amides is 1. The van der Waals surface area contributed by atoms with Crippen molar-refractivity contribution in [3.8, 4) is 17.1 Å². The SMILES string of the molecule is Cn1ccnc1-c1ccc(-n2nc(Br)c3cnc(C[C@@H]4CC[C@@H](C(=O)NCCS(C)(=O)=O)C4)nc32)cc1. The van der Waals surface area contributed by atoms with E-state index in [1.54, 1.807) is 17.1 Å². The Morgan fingerprint density at radius 1 is 1.19 bits per heavy atom. The van der Waals surface area contributed by atoms with E-state index in [1.807, 2.05) is 42.1 Å². The summed E-state index contributed by atoms with van der Waals surface area (Å²) in [5, 5.41) is 8.23. The summed E-state index contributed by atoms with van der Waals surface area (Å²) in [6.07, 6.45) is 9.75. The lowest BCUT2D eigenvalue weighted by Crippen LogP contribution is -2.33. The zero-order valence-corrected chi connectivity index (χ0v) is 23.0. The van der Waals surface area contributed by atoms with Crippen LogP contribution in [0.1, 0.15) is 25.1 Å². The first-order valence-corrected chi connectivity index (χ1v) is 15.0. The monoisotopic (exact) mass is 585 g/mol. The van der Waals surface area contributed by atoms with Crippen LogP contribution in [0.15, 0.2) is 47.5 Å². The van der Waals surface area contributed by atoms with E-state index in [9.17, 15) is 13.2 Å². The predicted octanol–water partition coefficient (Wildman–Crippen LogP) is 3.10. The molecule has 0 radical (unpaired) electrons. The minimum atomic E-state index is -3.09. The van der Waals surface area contributed by atoms with Crippen LogP contribution in [-0.4, -0.2) is 62.2 Å². The van der Waals surface area contributed by atoms with Crippen LogP contribution < -0.4 is 5.32 Å². The second-order valence-corrected chi connectivity index (χ2v) is 12.6. The van der Waals surface area contributed by atoms with Crippen molar-refractivity contribution >= 4 is 42.7 Å². The number of aromatic nitrogens is 6. The Kier molecular flexibility index (Phi) is 7.13. The maximum atomic E-state index is 12.5. The van der Waals surface area contributed by atoms with Crippen LogP contribution in [0.25, 0.3) is 28.1 Å². The average Bonchev–Trinajstić information content (AvgIpc) is 3.58. The van der Waals surface area contributed by atoms with Gasteiger partial charge in [0.25, 0.3) is 0 Å². The Balaban J connectivity index is 1.29. The molecule has 5 rings (SSSR count). The van der Waals surface area contributed by atoms with Crippen LogP contribution in [0, 0.1) is 11.8 Å². The third-order valence-electron chi connectivity index (χ3n) is 6.78. The lowest BCUT2D eigenvalue weighted by Gasteiger charge is -2.12. The molecule has 3 aromatic heterocycles. The van der Waals surface area contributed by atoms with Gasteiger partial charge in [-0.3, -0.25) is 4.79 Å². The zero-order chi connectivity index (χ0) is 26.2. The Bertz CT molecular complexity index is 1550. The largest absolute Gasteiger partial charge is 0.355 e. The van der Waals surface area contributed by atoms with Crippen molar-refractivity contribution in [1.82, 2.24) is 34.6 Å². The predicted molar refractivity (Wildman–Crippen MR) is 144 cm³/mol. The van der Waals surface area contributed by atoms with Crippen molar-refractivity contribution in [2.45, 2.75) is 25.7 Å². The van der Waals surface area contributed by atoms with Gasteiger partial charge in [0.1, 0.15) is 26.1 Å². The minimum absolute atomic E-state index is 0.0439. The fraction of sp³-hybridized carbons (Fsp3) is 0.400. The number of hydrogen-bond donors (Lipinski definition) is 1. The van der Waals surface area contributed by atoms with Gasteiger partial charge in [0.15, 0.2) is 5.65 Å². The molecule has 0 spiro atoms. The molecule has 0 unspecified atom stereocenters. The molecule has 1 saturated carbocycles. The summed E-state index contributed by atoms with van der Waals surface area (Å²) >= 11 is 3.53. The summed E-state index contributed by atoms with van der Waals surface area (Å²) in [7, 11) is -1.13. The summed E-state index contributed by atoms with van der Waals surface area (Å²) in [5.74, 6) is 1.68. The summed E-state index contributed by atoms with van der Waals surface area (Å²) in [5.41, 5.74) is 2.61. The Hall–Kier alpha value is -3.12. The van der Waals surface area contributed by atoms with Crippen LogP contribution in [-0.2, 0) is 28.1 Å². The van der Waals surface area contributed by atoms with Gasteiger partial charge in [-0.05, 0) is 65.4 Å². The van der Waals surface area contributed by atoms with Crippen molar-refractivity contribution < 1.29 is 13.2 Å². The third kappa shape index (κ3) is 5.74. The highest BCUT2D eigenvalue weighted by molar-refractivity contribution is 9.10. The molecule has 2 atom stereocenters. The first kappa shape index (κ1) is 25.5. The van der Waals surface area contributed by atoms with E-state index >= 15 is 0 Å². The molecular weight excluding hydrogens is 558 g/mol. The number of hydrogen-bond acceptors (Lipinski definition) is 7. The summed E-state index contributed by atoms with van der Waals surface area (Å²) < 4.78 is 27.0. The molecule has 1 aromatic carbocycles. The van der Waals surface area contributed by atoms with Gasteiger partial charge in [0.05, 0.1) is 16.8 Å². The van der Waals surface area contributed by atoms with Crippen molar-refractivity contribution in [2.24, 2.45) is 18.9 Å². The molecule has 1 aliphatic rings. The van der Waals surface area contributed by atoms with Crippen LogP contribution in [0.3, 0.4) is 0 Å². The topological polar surface area (TPSA) is 125 Å². The summed E-state index contributed by atoms with van der Waals surface area (Å²) in [4.78, 5) is 26.3. The van der Waals surface area contributed by atoms with E-state index in [0.29, 0.717) is 22.8 Å². The molecule has 3 heterocycles. The van der Waals surface area contributed by atoms with Gasteiger partial charge < -0.3 is 9.88 Å². The van der Waals surface area contributed by atoms with E-state index in [0.717, 1.165) is 47.4 Å². The van der Waals surface area contributed by atoms with Crippen molar-refractivity contribution in [1.29, 1.82) is 0 Å². The van der Waals surface area contributed by atoms with Gasteiger partial charge in [-0.25, -0.2) is 28.1 Å². The van der Waals surface area contributed by atoms with Crippen molar-refractivity contribution in [2.75, 3.05) is 18.6 Å². The van der Waals surface area contributed by atoms with Gasteiger partial charge in [0.2, 0.25) is 5.91 Å². The van der Waals surface area contributed by atoms with Crippen LogP contribution in [0.4, 0.5) is 0 Å². The first-order chi connectivity index (χ1) is 17.7. The summed E-state index contributed by atoms with van der Waals surface area (Å²) in [6.45, 7) is 0.153. The number of sulfone groups is 1. The lowest BCUT2D eigenvalue weighted by atomic mass is 10.0. The molecule has 1 aliphatic carbocycles.